The van der Waals surface area contributed by atoms with Gasteiger partial charge in [-0.05, 0) is 23.1 Å². The van der Waals surface area contributed by atoms with E-state index in [4.69, 9.17) is 5.73 Å². The van der Waals surface area contributed by atoms with Gasteiger partial charge >= 0.3 is 0 Å². The lowest BCUT2D eigenvalue weighted by molar-refractivity contribution is 0.133. The van der Waals surface area contributed by atoms with Crippen molar-refractivity contribution in [1.82, 2.24) is 0 Å². The molecule has 0 heterocycles. The first-order chi connectivity index (χ1) is 11.0. The highest BCUT2D eigenvalue weighted by Crippen LogP contribution is 2.35. The smallest absolute Gasteiger partial charge is 0.193 e. The fourth-order valence-electron chi connectivity index (χ4n) is 2.50. The van der Waals surface area contributed by atoms with Gasteiger partial charge in [-0.25, -0.2) is 0 Å². The lowest BCUT2D eigenvalue weighted by Gasteiger charge is -2.32. The number of benzene rings is 2. The molecule has 1 atom stereocenters. The number of nitrogens with one attached hydrogen (secondary N) is 1. The normalized spacial score (nSPS) is 13.6. The Hall–Kier alpha value is -2.33. The molecule has 0 amide bonds. The van der Waals surface area contributed by atoms with E-state index in [1.807, 2.05) is 62.4 Å². The summed E-state index contributed by atoms with van der Waals surface area (Å²) in [6.45, 7) is 4.69. The van der Waals surface area contributed by atoms with Gasteiger partial charge in [0.05, 0.1) is 6.54 Å². The van der Waals surface area contributed by atoms with Crippen LogP contribution in [0, 0.1) is 5.41 Å². The summed E-state index contributed by atoms with van der Waals surface area (Å²) in [5, 5.41) is 12.8. The van der Waals surface area contributed by atoms with Crippen molar-refractivity contribution in [2.24, 2.45) is 16.1 Å². The number of aliphatic hydroxyl groups is 1. The number of guanidine groups is 1. The van der Waals surface area contributed by atoms with E-state index in [-0.39, 0.29) is 17.9 Å². The molecule has 0 saturated carbocycles. The predicted molar refractivity (Wildman–Crippen MR) is 96.6 cm³/mol. The van der Waals surface area contributed by atoms with Crippen molar-refractivity contribution in [3.05, 3.63) is 66.2 Å². The topological polar surface area (TPSA) is 70.6 Å². The molecule has 122 valence electrons. The van der Waals surface area contributed by atoms with Gasteiger partial charge in [-0.2, -0.15) is 0 Å². The molecule has 0 aliphatic heterocycles. The molecule has 1 unspecified atom stereocenters. The average Bonchev–Trinajstić information content (AvgIpc) is 2.56. The fraction of sp³-hybridized carbons (Fsp3) is 0.316. The zero-order chi connectivity index (χ0) is 16.7. The van der Waals surface area contributed by atoms with Gasteiger partial charge in [0, 0.05) is 18.2 Å². The van der Waals surface area contributed by atoms with Crippen molar-refractivity contribution in [2.45, 2.75) is 19.8 Å². The minimum atomic E-state index is -0.280. The lowest BCUT2D eigenvalue weighted by Crippen LogP contribution is -2.30. The Morgan fingerprint density at radius 1 is 1.09 bits per heavy atom. The van der Waals surface area contributed by atoms with Crippen LogP contribution in [0.25, 0.3) is 0 Å². The summed E-state index contributed by atoms with van der Waals surface area (Å²) < 4.78 is 0. The van der Waals surface area contributed by atoms with Crippen LogP contribution >= 0.6 is 0 Å². The molecule has 0 fully saturated rings. The van der Waals surface area contributed by atoms with E-state index in [0.29, 0.717) is 12.5 Å². The number of hydrogen-bond donors (Lipinski definition) is 3. The first kappa shape index (κ1) is 17.0. The molecule has 2 aromatic rings. The van der Waals surface area contributed by atoms with E-state index in [9.17, 15) is 5.11 Å². The molecule has 2 rings (SSSR count). The van der Waals surface area contributed by atoms with Gasteiger partial charge in [-0.3, -0.25) is 4.99 Å². The van der Waals surface area contributed by atoms with Gasteiger partial charge in [-0.15, -0.1) is 0 Å². The molecular formula is C19H25N3O. The van der Waals surface area contributed by atoms with Gasteiger partial charge in [0.2, 0.25) is 0 Å². The average molecular weight is 311 g/mol. The number of aliphatic hydroxyl groups excluding tert-OH is 1. The minimum Gasteiger partial charge on any atom is -0.396 e. The second-order valence-electron chi connectivity index (χ2n) is 6.33. The van der Waals surface area contributed by atoms with Crippen LogP contribution in [0.4, 0.5) is 5.69 Å². The number of para-hydroxylation sites is 1. The van der Waals surface area contributed by atoms with Crippen molar-refractivity contribution >= 4 is 11.6 Å². The number of hydrogen-bond acceptors (Lipinski definition) is 2. The van der Waals surface area contributed by atoms with Crippen LogP contribution in [0.2, 0.25) is 0 Å². The van der Waals surface area contributed by atoms with E-state index < -0.39 is 0 Å². The van der Waals surface area contributed by atoms with Crippen LogP contribution in [0.15, 0.2) is 65.7 Å². The molecular weight excluding hydrogens is 286 g/mol. The molecule has 0 bridgehead atoms. The number of rotatable bonds is 6. The number of aliphatic imine (C=N–C) groups is 1. The summed E-state index contributed by atoms with van der Waals surface area (Å²) in [6, 6.07) is 19.8. The second-order valence-corrected chi connectivity index (χ2v) is 6.33. The van der Waals surface area contributed by atoms with E-state index in [0.717, 1.165) is 11.3 Å². The molecule has 4 N–H and O–H groups in total. The molecule has 0 aliphatic rings. The van der Waals surface area contributed by atoms with Crippen LogP contribution in [0.1, 0.15) is 25.3 Å². The van der Waals surface area contributed by atoms with Crippen LogP contribution in [0.3, 0.4) is 0 Å². The molecule has 0 aliphatic carbocycles. The SMILES string of the molecule is CC(C)(CO)C(CN=C(N)Nc1ccccc1)c1ccccc1. The number of anilines is 1. The van der Waals surface area contributed by atoms with Crippen molar-refractivity contribution in [2.75, 3.05) is 18.5 Å². The highest BCUT2D eigenvalue weighted by Gasteiger charge is 2.30. The summed E-state index contributed by atoms with van der Waals surface area (Å²) in [6.07, 6.45) is 0. The van der Waals surface area contributed by atoms with Gasteiger partial charge in [-0.1, -0.05) is 62.4 Å². The molecule has 4 nitrogen and oxygen atoms in total. The Bertz CT molecular complexity index is 624. The van der Waals surface area contributed by atoms with Crippen molar-refractivity contribution in [3.8, 4) is 0 Å². The van der Waals surface area contributed by atoms with Gasteiger partial charge < -0.3 is 16.2 Å². The molecule has 0 aromatic heterocycles. The molecule has 23 heavy (non-hydrogen) atoms. The zero-order valence-electron chi connectivity index (χ0n) is 13.7. The maximum atomic E-state index is 9.73. The number of nitrogens with two attached hydrogens (primary N) is 1. The third-order valence-corrected chi connectivity index (χ3v) is 4.04. The first-order valence-electron chi connectivity index (χ1n) is 7.81. The third kappa shape index (κ3) is 4.83. The second kappa shape index (κ2) is 7.79. The Kier molecular flexibility index (Phi) is 5.77. The van der Waals surface area contributed by atoms with Gasteiger partial charge in [0.25, 0.3) is 0 Å². The first-order valence-corrected chi connectivity index (χ1v) is 7.81. The van der Waals surface area contributed by atoms with Crippen LogP contribution in [-0.2, 0) is 0 Å². The zero-order valence-corrected chi connectivity index (χ0v) is 13.7. The maximum absolute atomic E-state index is 9.73. The standard InChI is InChI=1S/C19H25N3O/c1-19(2,14-23)17(15-9-5-3-6-10-15)13-21-18(20)22-16-11-7-4-8-12-16/h3-12,17,23H,13-14H2,1-2H3,(H3,20,21,22). The predicted octanol–water partition coefficient (Wildman–Crippen LogP) is 3.22. The fourth-order valence-corrected chi connectivity index (χ4v) is 2.50. The Morgan fingerprint density at radius 3 is 2.22 bits per heavy atom. The van der Waals surface area contributed by atoms with Gasteiger partial charge in [0.15, 0.2) is 5.96 Å². The van der Waals surface area contributed by atoms with Crippen molar-refractivity contribution in [1.29, 1.82) is 0 Å². The quantitative estimate of drug-likeness (QED) is 0.566. The van der Waals surface area contributed by atoms with Crippen molar-refractivity contribution in [3.63, 3.8) is 0 Å². The summed E-state index contributed by atoms with van der Waals surface area (Å²) >= 11 is 0. The molecule has 2 aromatic carbocycles. The Balaban J connectivity index is 2.13. The summed E-state index contributed by atoms with van der Waals surface area (Å²) in [5.41, 5.74) is 7.78. The highest BCUT2D eigenvalue weighted by atomic mass is 16.3. The minimum absolute atomic E-state index is 0.0878. The third-order valence-electron chi connectivity index (χ3n) is 4.04. The largest absolute Gasteiger partial charge is 0.396 e. The van der Waals surface area contributed by atoms with E-state index in [2.05, 4.69) is 22.4 Å². The molecule has 0 saturated heterocycles. The molecule has 0 radical (unpaired) electrons. The Labute approximate surface area is 138 Å². The molecule has 4 heteroatoms. The van der Waals surface area contributed by atoms with E-state index >= 15 is 0 Å². The lowest BCUT2D eigenvalue weighted by atomic mass is 9.75. The number of nitrogens with zero attached hydrogens (tertiary/aromatic N) is 1. The van der Waals surface area contributed by atoms with E-state index in [1.165, 1.54) is 0 Å². The Morgan fingerprint density at radius 2 is 1.65 bits per heavy atom. The molecule has 0 spiro atoms. The van der Waals surface area contributed by atoms with Gasteiger partial charge in [0.1, 0.15) is 0 Å². The highest BCUT2D eigenvalue weighted by molar-refractivity contribution is 5.92. The maximum Gasteiger partial charge on any atom is 0.193 e. The summed E-state index contributed by atoms with van der Waals surface area (Å²) in [4.78, 5) is 4.48. The van der Waals surface area contributed by atoms with Crippen molar-refractivity contribution < 1.29 is 5.11 Å². The van der Waals surface area contributed by atoms with Crippen LogP contribution < -0.4 is 11.1 Å². The summed E-state index contributed by atoms with van der Waals surface area (Å²) in [5.74, 6) is 0.468. The monoisotopic (exact) mass is 311 g/mol. The van der Waals surface area contributed by atoms with E-state index in [1.54, 1.807) is 0 Å². The van der Waals surface area contributed by atoms with Crippen LogP contribution in [0.5, 0.6) is 0 Å². The van der Waals surface area contributed by atoms with Crippen LogP contribution in [-0.4, -0.2) is 24.2 Å². The summed E-state index contributed by atoms with van der Waals surface area (Å²) in [7, 11) is 0.